The molecule has 1 atom stereocenters. The van der Waals surface area contributed by atoms with Crippen molar-refractivity contribution in [3.63, 3.8) is 0 Å². The first-order chi connectivity index (χ1) is 17.9. The lowest BCUT2D eigenvalue weighted by Crippen LogP contribution is -2.28. The quantitative estimate of drug-likeness (QED) is 0.367. The van der Waals surface area contributed by atoms with Crippen LogP contribution in [0.3, 0.4) is 0 Å². The fraction of sp³-hybridized carbons (Fsp3) is 0.345. The Hall–Kier alpha value is -3.72. The highest BCUT2D eigenvalue weighted by atomic mass is 32.2. The van der Waals surface area contributed by atoms with Crippen LogP contribution in [0.4, 0.5) is 5.69 Å². The third-order valence-electron chi connectivity index (χ3n) is 6.56. The summed E-state index contributed by atoms with van der Waals surface area (Å²) >= 11 is 0. The maximum absolute atomic E-state index is 13.2. The minimum absolute atomic E-state index is 0.0592. The first-order valence-electron chi connectivity index (χ1n) is 12.2. The van der Waals surface area contributed by atoms with Crippen LogP contribution in [0.2, 0.25) is 0 Å². The first kappa shape index (κ1) is 28.8. The highest BCUT2D eigenvalue weighted by Gasteiger charge is 2.24. The SMILES string of the molecule is COc1ccc(S(=O)(=O)N(C)c2ccc(C(=O)NC(C)c3cc(C(C)C)c(OC)cc3C)cc2)cc1OC. The molecule has 0 heterocycles. The molecule has 8 nitrogen and oxygen atoms in total. The fourth-order valence-corrected chi connectivity index (χ4v) is 5.48. The van der Waals surface area contributed by atoms with Gasteiger partial charge in [-0.3, -0.25) is 9.10 Å². The monoisotopic (exact) mass is 540 g/mol. The Morgan fingerprint density at radius 2 is 1.42 bits per heavy atom. The van der Waals surface area contributed by atoms with Crippen molar-refractivity contribution < 1.29 is 27.4 Å². The predicted octanol–water partition coefficient (Wildman–Crippen LogP) is 5.46. The molecule has 0 aliphatic heterocycles. The minimum atomic E-state index is -3.87. The molecule has 0 saturated carbocycles. The number of hydrogen-bond donors (Lipinski definition) is 1. The number of sulfonamides is 1. The van der Waals surface area contributed by atoms with Crippen LogP contribution in [0.15, 0.2) is 59.5 Å². The summed E-state index contributed by atoms with van der Waals surface area (Å²) in [5, 5.41) is 3.05. The second-order valence-corrected chi connectivity index (χ2v) is 11.3. The number of benzene rings is 3. The lowest BCUT2D eigenvalue weighted by atomic mass is 9.93. The van der Waals surface area contributed by atoms with Crippen LogP contribution in [-0.2, 0) is 10.0 Å². The van der Waals surface area contributed by atoms with E-state index >= 15 is 0 Å². The Morgan fingerprint density at radius 1 is 0.816 bits per heavy atom. The number of carbonyl (C=O) groups is 1. The summed E-state index contributed by atoms with van der Waals surface area (Å²) in [6.45, 7) is 8.14. The normalized spacial score (nSPS) is 12.1. The van der Waals surface area contributed by atoms with E-state index in [1.165, 1.54) is 33.4 Å². The summed E-state index contributed by atoms with van der Waals surface area (Å²) in [6.07, 6.45) is 0. The Kier molecular flexibility index (Phi) is 8.93. The van der Waals surface area contributed by atoms with Gasteiger partial charge < -0.3 is 19.5 Å². The van der Waals surface area contributed by atoms with Gasteiger partial charge in [0.15, 0.2) is 11.5 Å². The summed E-state index contributed by atoms with van der Waals surface area (Å²) < 4.78 is 43.6. The van der Waals surface area contributed by atoms with Crippen molar-refractivity contribution >= 4 is 21.6 Å². The molecule has 0 spiro atoms. The zero-order valence-corrected chi connectivity index (χ0v) is 24.0. The average molecular weight is 541 g/mol. The fourth-order valence-electron chi connectivity index (χ4n) is 4.26. The number of rotatable bonds is 10. The van der Waals surface area contributed by atoms with E-state index in [0.717, 1.165) is 26.7 Å². The van der Waals surface area contributed by atoms with Gasteiger partial charge in [-0.2, -0.15) is 0 Å². The van der Waals surface area contributed by atoms with E-state index in [4.69, 9.17) is 14.2 Å². The van der Waals surface area contributed by atoms with E-state index in [0.29, 0.717) is 22.7 Å². The molecule has 38 heavy (non-hydrogen) atoms. The van der Waals surface area contributed by atoms with Gasteiger partial charge in [0.25, 0.3) is 15.9 Å². The second kappa shape index (κ2) is 11.8. The Balaban J connectivity index is 1.79. The van der Waals surface area contributed by atoms with Crippen molar-refractivity contribution in [3.05, 3.63) is 76.9 Å². The van der Waals surface area contributed by atoms with Crippen LogP contribution in [0.1, 0.15) is 59.8 Å². The first-order valence-corrected chi connectivity index (χ1v) is 13.7. The van der Waals surface area contributed by atoms with Gasteiger partial charge in [0.2, 0.25) is 0 Å². The van der Waals surface area contributed by atoms with Gasteiger partial charge in [0.1, 0.15) is 5.75 Å². The summed E-state index contributed by atoms with van der Waals surface area (Å²) in [7, 11) is 2.18. The Morgan fingerprint density at radius 3 is 1.97 bits per heavy atom. The van der Waals surface area contributed by atoms with Crippen molar-refractivity contribution in [1.29, 1.82) is 0 Å². The molecule has 0 aliphatic carbocycles. The predicted molar refractivity (Wildman–Crippen MR) is 149 cm³/mol. The lowest BCUT2D eigenvalue weighted by molar-refractivity contribution is 0.0940. The number of ether oxygens (including phenoxy) is 3. The molecule has 9 heteroatoms. The van der Waals surface area contributed by atoms with Crippen LogP contribution >= 0.6 is 0 Å². The number of nitrogens with zero attached hydrogens (tertiary/aromatic N) is 1. The molecule has 1 unspecified atom stereocenters. The molecule has 0 aliphatic rings. The number of anilines is 1. The molecule has 1 N–H and O–H groups in total. The molecule has 3 rings (SSSR count). The highest BCUT2D eigenvalue weighted by Crippen LogP contribution is 2.33. The molecular weight excluding hydrogens is 504 g/mol. The van der Waals surface area contributed by atoms with Crippen LogP contribution in [0.25, 0.3) is 0 Å². The van der Waals surface area contributed by atoms with Crippen molar-refractivity contribution in [2.75, 3.05) is 32.7 Å². The largest absolute Gasteiger partial charge is 0.496 e. The third-order valence-corrected chi connectivity index (χ3v) is 8.34. The molecule has 3 aromatic rings. The van der Waals surface area contributed by atoms with Gasteiger partial charge in [-0.05, 0) is 85.0 Å². The maximum Gasteiger partial charge on any atom is 0.264 e. The van der Waals surface area contributed by atoms with Crippen molar-refractivity contribution in [1.82, 2.24) is 5.32 Å². The number of nitrogens with one attached hydrogen (secondary N) is 1. The van der Waals surface area contributed by atoms with E-state index in [2.05, 4.69) is 25.2 Å². The average Bonchev–Trinajstić information content (AvgIpc) is 2.91. The van der Waals surface area contributed by atoms with Crippen molar-refractivity contribution in [3.8, 4) is 17.2 Å². The zero-order chi connectivity index (χ0) is 28.2. The van der Waals surface area contributed by atoms with Gasteiger partial charge in [-0.1, -0.05) is 13.8 Å². The molecule has 0 aromatic heterocycles. The molecule has 1 amide bonds. The van der Waals surface area contributed by atoms with Gasteiger partial charge >= 0.3 is 0 Å². The van der Waals surface area contributed by atoms with Gasteiger partial charge in [-0.15, -0.1) is 0 Å². The topological polar surface area (TPSA) is 94.2 Å². The summed E-state index contributed by atoms with van der Waals surface area (Å²) in [6, 6.07) is 14.7. The molecule has 3 aromatic carbocycles. The number of carbonyl (C=O) groups excluding carboxylic acids is 1. The van der Waals surface area contributed by atoms with E-state index in [-0.39, 0.29) is 22.8 Å². The third kappa shape index (κ3) is 5.88. The molecular formula is C29H36N2O6S. The zero-order valence-electron chi connectivity index (χ0n) is 23.2. The van der Waals surface area contributed by atoms with Crippen molar-refractivity contribution in [2.24, 2.45) is 0 Å². The standard InChI is InChI=1S/C29H36N2O6S/c1-18(2)24-17-25(19(3)15-27(24)36-7)20(4)30-29(32)21-9-11-22(12-10-21)31(5)38(33,34)23-13-14-26(35-6)28(16-23)37-8/h9-18,20H,1-8H3,(H,30,32). The van der Waals surface area contributed by atoms with Gasteiger partial charge in [0, 0.05) is 18.7 Å². The lowest BCUT2D eigenvalue weighted by Gasteiger charge is -2.22. The molecule has 204 valence electrons. The smallest absolute Gasteiger partial charge is 0.264 e. The van der Waals surface area contributed by atoms with E-state index in [9.17, 15) is 13.2 Å². The van der Waals surface area contributed by atoms with E-state index in [1.54, 1.807) is 37.4 Å². The van der Waals surface area contributed by atoms with Crippen molar-refractivity contribution in [2.45, 2.75) is 44.6 Å². The maximum atomic E-state index is 13.2. The Labute approximate surface area is 225 Å². The van der Waals surface area contributed by atoms with Crippen LogP contribution < -0.4 is 23.8 Å². The molecule has 0 fully saturated rings. The summed E-state index contributed by atoms with van der Waals surface area (Å²) in [4.78, 5) is 13.1. The second-order valence-electron chi connectivity index (χ2n) is 9.34. The van der Waals surface area contributed by atoms with Crippen LogP contribution in [0.5, 0.6) is 17.2 Å². The van der Waals surface area contributed by atoms with E-state index in [1.807, 2.05) is 19.9 Å². The van der Waals surface area contributed by atoms with E-state index < -0.39 is 10.0 Å². The number of amides is 1. The number of methoxy groups -OCH3 is 3. The number of aryl methyl sites for hydroxylation is 1. The highest BCUT2D eigenvalue weighted by molar-refractivity contribution is 7.92. The molecule has 0 radical (unpaired) electrons. The number of hydrogen-bond acceptors (Lipinski definition) is 6. The summed E-state index contributed by atoms with van der Waals surface area (Å²) in [5.74, 6) is 1.60. The Bertz CT molecular complexity index is 1400. The van der Waals surface area contributed by atoms with Crippen LogP contribution in [0, 0.1) is 6.92 Å². The summed E-state index contributed by atoms with van der Waals surface area (Å²) in [5.41, 5.74) is 3.96. The van der Waals surface area contributed by atoms with Gasteiger partial charge in [0.05, 0.1) is 38.0 Å². The minimum Gasteiger partial charge on any atom is -0.496 e. The molecule has 0 saturated heterocycles. The van der Waals surface area contributed by atoms with Gasteiger partial charge in [-0.25, -0.2) is 8.42 Å². The molecule has 0 bridgehead atoms. The van der Waals surface area contributed by atoms with Crippen LogP contribution in [-0.4, -0.2) is 42.7 Å².